The summed E-state index contributed by atoms with van der Waals surface area (Å²) in [5.74, 6) is 0.386. The van der Waals surface area contributed by atoms with Gasteiger partial charge in [0.2, 0.25) is 17.8 Å². The van der Waals surface area contributed by atoms with Crippen molar-refractivity contribution in [3.63, 3.8) is 0 Å². The molecule has 10 nitrogen and oxygen atoms in total. The Labute approximate surface area is 317 Å². The number of anilines is 1. The number of ether oxygens (including phenoxy) is 1. The summed E-state index contributed by atoms with van der Waals surface area (Å²) in [6.45, 7) is 3.56. The monoisotopic (exact) mass is 722 g/mol. The number of rotatable bonds is 15. The number of amides is 3. The summed E-state index contributed by atoms with van der Waals surface area (Å²) in [7, 11) is 1.70. The van der Waals surface area contributed by atoms with Crippen molar-refractivity contribution in [2.24, 2.45) is 4.99 Å². The van der Waals surface area contributed by atoms with Crippen LogP contribution in [0.5, 0.6) is 5.75 Å². The van der Waals surface area contributed by atoms with Crippen LogP contribution in [0.4, 0.5) is 11.4 Å². The Bertz CT molecular complexity index is 2010. The van der Waals surface area contributed by atoms with Crippen molar-refractivity contribution >= 4 is 35.1 Å². The summed E-state index contributed by atoms with van der Waals surface area (Å²) in [4.78, 5) is 49.2. The molecular weight excluding hydrogens is 677 g/mol. The van der Waals surface area contributed by atoms with Gasteiger partial charge in [0.1, 0.15) is 18.0 Å². The zero-order valence-electron chi connectivity index (χ0n) is 30.8. The van der Waals surface area contributed by atoms with Crippen molar-refractivity contribution in [3.8, 4) is 5.75 Å². The molecule has 54 heavy (non-hydrogen) atoms. The fraction of sp³-hybridized carbons (Fsp3) is 0.227. The number of aliphatic imine (C=N–C) groups is 1. The van der Waals surface area contributed by atoms with Crippen LogP contribution in [-0.2, 0) is 40.4 Å². The van der Waals surface area contributed by atoms with E-state index in [2.05, 4.69) is 10.7 Å². The van der Waals surface area contributed by atoms with E-state index < -0.39 is 0 Å². The van der Waals surface area contributed by atoms with Crippen molar-refractivity contribution in [1.82, 2.24) is 20.5 Å². The molecule has 0 aromatic heterocycles. The van der Waals surface area contributed by atoms with Crippen molar-refractivity contribution in [3.05, 3.63) is 161 Å². The molecule has 0 spiro atoms. The third-order valence-electron chi connectivity index (χ3n) is 9.15. The zero-order chi connectivity index (χ0) is 37.7. The minimum atomic E-state index is -0.252. The fourth-order valence-corrected chi connectivity index (χ4v) is 6.42. The molecule has 2 N–H and O–H groups in total. The Kier molecular flexibility index (Phi) is 12.8. The lowest BCUT2D eigenvalue weighted by Crippen LogP contribution is -2.52. The van der Waals surface area contributed by atoms with Crippen LogP contribution in [0.1, 0.15) is 40.7 Å². The first kappa shape index (κ1) is 37.5. The highest BCUT2D eigenvalue weighted by atomic mass is 16.5. The van der Waals surface area contributed by atoms with Crippen LogP contribution in [0.25, 0.3) is 0 Å². The van der Waals surface area contributed by atoms with E-state index in [1.165, 1.54) is 5.01 Å². The molecule has 3 amide bonds. The molecule has 276 valence electrons. The highest BCUT2D eigenvalue weighted by Gasteiger charge is 2.28. The van der Waals surface area contributed by atoms with Gasteiger partial charge in [-0.1, -0.05) is 121 Å². The van der Waals surface area contributed by atoms with E-state index in [0.717, 1.165) is 33.5 Å². The molecule has 6 rings (SSSR count). The molecular formula is C44H46N6O4. The first-order valence-corrected chi connectivity index (χ1v) is 18.2. The quantitative estimate of drug-likeness (QED) is 0.0920. The van der Waals surface area contributed by atoms with Crippen molar-refractivity contribution in [2.45, 2.75) is 45.8 Å². The number of hydrogen-bond donors (Lipinski definition) is 2. The maximum absolute atomic E-state index is 13.8. The predicted octanol–water partition coefficient (Wildman–Crippen LogP) is 6.71. The van der Waals surface area contributed by atoms with Gasteiger partial charge in [0, 0.05) is 38.7 Å². The number of para-hydroxylation sites is 2. The van der Waals surface area contributed by atoms with Gasteiger partial charge in [-0.3, -0.25) is 19.7 Å². The highest BCUT2D eigenvalue weighted by molar-refractivity contribution is 6.03. The Hall–Kier alpha value is -6.26. The van der Waals surface area contributed by atoms with E-state index in [-0.39, 0.29) is 36.6 Å². The summed E-state index contributed by atoms with van der Waals surface area (Å²) in [5.41, 5.74) is 9.14. The maximum Gasteiger partial charge on any atom is 0.260 e. The van der Waals surface area contributed by atoms with Crippen LogP contribution in [0.2, 0.25) is 0 Å². The van der Waals surface area contributed by atoms with Gasteiger partial charge in [-0.05, 0) is 47.7 Å². The molecule has 0 bridgehead atoms. The molecule has 1 aliphatic heterocycles. The molecule has 0 saturated carbocycles. The molecule has 0 aliphatic carbocycles. The standard InChI is InChI=1S/C44H46N6O4/c1-33-16-12-13-24-38(33)50(45-2)42(53)32-49-31-37-23-14-25-39(43(37)47-44(49)46-40(51)28-34-17-6-3-7-18-34)54-27-15-26-41(52)48(29-35-19-8-4-9-20-35)30-36-21-10-5-11-22-36/h3-14,16-25,45H,15,26-32H2,1-2H3,(H,46,47,51). The largest absolute Gasteiger partial charge is 0.491 e. The van der Waals surface area contributed by atoms with E-state index in [9.17, 15) is 14.4 Å². The normalized spacial score (nSPS) is 12.0. The molecule has 10 heteroatoms. The van der Waals surface area contributed by atoms with Gasteiger partial charge in [0.25, 0.3) is 5.91 Å². The smallest absolute Gasteiger partial charge is 0.260 e. The second kappa shape index (κ2) is 18.5. The first-order valence-electron chi connectivity index (χ1n) is 18.2. The number of hydrogen-bond acceptors (Lipinski definition) is 7. The minimum Gasteiger partial charge on any atom is -0.491 e. The second-order valence-corrected chi connectivity index (χ2v) is 13.2. The first-order chi connectivity index (χ1) is 26.4. The maximum atomic E-state index is 13.8. The van der Waals surface area contributed by atoms with Gasteiger partial charge in [-0.2, -0.15) is 0 Å². The molecule has 1 heterocycles. The summed E-state index contributed by atoms with van der Waals surface area (Å²) in [6, 6.07) is 42.8. The molecule has 0 unspecified atom stereocenters. The highest BCUT2D eigenvalue weighted by Crippen LogP contribution is 2.36. The van der Waals surface area contributed by atoms with Gasteiger partial charge < -0.3 is 14.5 Å². The van der Waals surface area contributed by atoms with Gasteiger partial charge in [-0.15, -0.1) is 0 Å². The van der Waals surface area contributed by atoms with Crippen molar-refractivity contribution in [1.29, 1.82) is 0 Å². The van der Waals surface area contributed by atoms with E-state index >= 15 is 0 Å². The van der Waals surface area contributed by atoms with Crippen molar-refractivity contribution in [2.75, 3.05) is 25.2 Å². The molecule has 0 saturated heterocycles. The molecule has 0 fully saturated rings. The number of benzene rings is 5. The Morgan fingerprint density at radius 2 is 1.35 bits per heavy atom. The van der Waals surface area contributed by atoms with Crippen molar-refractivity contribution < 1.29 is 19.1 Å². The average Bonchev–Trinajstić information content (AvgIpc) is 3.18. The number of fused-ring (bicyclic) bond motifs is 1. The van der Waals surface area contributed by atoms with Gasteiger partial charge in [0.05, 0.1) is 18.7 Å². The molecule has 0 atom stereocenters. The topological polar surface area (TPSA) is 107 Å². The summed E-state index contributed by atoms with van der Waals surface area (Å²) in [5, 5.41) is 4.48. The average molecular weight is 723 g/mol. The van der Waals surface area contributed by atoms with Gasteiger partial charge in [0.15, 0.2) is 0 Å². The lowest BCUT2D eigenvalue weighted by atomic mass is 10.1. The Balaban J connectivity index is 1.16. The lowest BCUT2D eigenvalue weighted by molar-refractivity contribution is -0.132. The van der Waals surface area contributed by atoms with Crippen LogP contribution in [-0.4, -0.2) is 53.7 Å². The third kappa shape index (κ3) is 9.99. The minimum absolute atomic E-state index is 0.0458. The van der Waals surface area contributed by atoms with Gasteiger partial charge in [-0.25, -0.2) is 15.4 Å². The van der Waals surface area contributed by atoms with Gasteiger partial charge >= 0.3 is 0 Å². The number of hydrazine groups is 1. The molecule has 0 radical (unpaired) electrons. The van der Waals surface area contributed by atoms with Crippen LogP contribution in [0.15, 0.2) is 138 Å². The number of aryl methyl sites for hydroxylation is 1. The van der Waals surface area contributed by atoms with E-state index in [0.29, 0.717) is 50.5 Å². The Morgan fingerprint density at radius 1 is 0.741 bits per heavy atom. The molecule has 1 aliphatic rings. The SMILES string of the molecule is CNN(C(=O)CN1Cc2cccc(OCCCC(=O)N(Cc3ccccc3)Cc3ccccc3)c2N=C1NC(=O)Cc1ccccc1)c1ccccc1C. The van der Waals surface area contributed by atoms with Crippen LogP contribution in [0, 0.1) is 6.92 Å². The van der Waals surface area contributed by atoms with Crippen LogP contribution in [0.3, 0.4) is 0 Å². The second-order valence-electron chi connectivity index (χ2n) is 13.2. The zero-order valence-corrected chi connectivity index (χ0v) is 30.8. The van der Waals surface area contributed by atoms with Crippen LogP contribution < -0.4 is 20.5 Å². The van der Waals surface area contributed by atoms with E-state index in [1.807, 2.05) is 145 Å². The summed E-state index contributed by atoms with van der Waals surface area (Å²) in [6.07, 6.45) is 0.974. The number of guanidine groups is 1. The number of nitrogens with zero attached hydrogens (tertiary/aromatic N) is 4. The Morgan fingerprint density at radius 3 is 1.98 bits per heavy atom. The van der Waals surface area contributed by atoms with Crippen LogP contribution >= 0.6 is 0 Å². The third-order valence-corrected chi connectivity index (χ3v) is 9.15. The van der Waals surface area contributed by atoms with E-state index in [4.69, 9.17) is 9.73 Å². The van der Waals surface area contributed by atoms with E-state index in [1.54, 1.807) is 11.9 Å². The fourth-order valence-electron chi connectivity index (χ4n) is 6.42. The summed E-state index contributed by atoms with van der Waals surface area (Å²) >= 11 is 0. The lowest BCUT2D eigenvalue weighted by Gasteiger charge is -2.32. The number of carbonyl (C=O) groups excluding carboxylic acids is 3. The summed E-state index contributed by atoms with van der Waals surface area (Å²) < 4.78 is 6.27. The number of carbonyl (C=O) groups is 3. The molecule has 5 aromatic carbocycles. The number of nitrogens with one attached hydrogen (secondary N) is 2. The molecule has 5 aromatic rings. The predicted molar refractivity (Wildman–Crippen MR) is 212 cm³/mol.